The molecule has 3 heterocycles. The second-order valence-corrected chi connectivity index (χ2v) is 12.4. The fraction of sp³-hybridized carbons (Fsp3) is 0.294. The molecule has 5 aromatic rings. The Morgan fingerprint density at radius 1 is 0.932 bits per heavy atom. The van der Waals surface area contributed by atoms with Crippen molar-refractivity contribution in [1.29, 1.82) is 0 Å². The Morgan fingerprint density at radius 2 is 1.61 bits per heavy atom. The number of carbonyl (C=O) groups is 1. The second-order valence-electron chi connectivity index (χ2n) is 12.0. The molecular formula is C34H35ClN6O3. The van der Waals surface area contributed by atoms with Crippen LogP contribution in [0.3, 0.4) is 0 Å². The standard InChI is InChI=1S/C34H35ClN6O3/c1-18-15-24(20(3)37-26-13-14-28(35)39-30(26)33(43)44-34(5,6)7)29-25(16-18)32(42)41(8)31(40-29)23-11-9-22(10-12-23)27-17-19(2)36-21(4)38-27/h9-17,20,37H,1-8H3/t20-/m1/s1. The summed E-state index contributed by atoms with van der Waals surface area (Å²) in [7, 11) is 1.73. The lowest BCUT2D eigenvalue weighted by molar-refractivity contribution is 0.00640. The van der Waals surface area contributed by atoms with Gasteiger partial charge in [0.2, 0.25) is 0 Å². The number of pyridine rings is 1. The molecular weight excluding hydrogens is 576 g/mol. The van der Waals surface area contributed by atoms with E-state index in [-0.39, 0.29) is 22.4 Å². The van der Waals surface area contributed by atoms with E-state index in [1.807, 2.05) is 70.2 Å². The molecule has 0 saturated heterocycles. The van der Waals surface area contributed by atoms with Gasteiger partial charge in [0, 0.05) is 29.4 Å². The van der Waals surface area contributed by atoms with E-state index < -0.39 is 11.6 Å². The molecule has 5 rings (SSSR count). The second kappa shape index (κ2) is 11.8. The predicted molar refractivity (Wildman–Crippen MR) is 174 cm³/mol. The van der Waals surface area contributed by atoms with E-state index in [1.54, 1.807) is 44.5 Å². The van der Waals surface area contributed by atoms with Crippen LogP contribution < -0.4 is 10.9 Å². The topological polar surface area (TPSA) is 112 Å². The first-order valence-electron chi connectivity index (χ1n) is 14.3. The molecule has 10 heteroatoms. The average molecular weight is 611 g/mol. The molecule has 0 saturated carbocycles. The summed E-state index contributed by atoms with van der Waals surface area (Å²) in [6.07, 6.45) is 0. The Morgan fingerprint density at radius 3 is 2.27 bits per heavy atom. The van der Waals surface area contributed by atoms with Gasteiger partial charge in [-0.15, -0.1) is 0 Å². The number of esters is 1. The van der Waals surface area contributed by atoms with E-state index in [0.29, 0.717) is 28.2 Å². The first-order valence-corrected chi connectivity index (χ1v) is 14.7. The summed E-state index contributed by atoms with van der Waals surface area (Å²) < 4.78 is 7.15. The number of aromatic nitrogens is 5. The van der Waals surface area contributed by atoms with Gasteiger partial charge in [-0.05, 0) is 78.3 Å². The number of carbonyl (C=O) groups excluding carboxylic acids is 1. The van der Waals surface area contributed by atoms with E-state index in [2.05, 4.69) is 20.3 Å². The van der Waals surface area contributed by atoms with Gasteiger partial charge < -0.3 is 10.1 Å². The Hall–Kier alpha value is -4.63. The summed E-state index contributed by atoms with van der Waals surface area (Å²) in [6, 6.07) is 16.6. The number of rotatable bonds is 6. The van der Waals surface area contributed by atoms with Crippen LogP contribution in [0, 0.1) is 20.8 Å². The van der Waals surface area contributed by atoms with Crippen molar-refractivity contribution in [3.8, 4) is 22.6 Å². The van der Waals surface area contributed by atoms with Crippen LogP contribution in [0.15, 0.2) is 59.4 Å². The van der Waals surface area contributed by atoms with Crippen molar-refractivity contribution >= 4 is 34.2 Å². The summed E-state index contributed by atoms with van der Waals surface area (Å²) in [5.74, 6) is 0.652. The normalized spacial score (nSPS) is 12.3. The maximum absolute atomic E-state index is 13.7. The van der Waals surface area contributed by atoms with Gasteiger partial charge in [-0.2, -0.15) is 0 Å². The molecule has 2 aromatic carbocycles. The van der Waals surface area contributed by atoms with E-state index in [9.17, 15) is 9.59 Å². The average Bonchev–Trinajstić information content (AvgIpc) is 2.94. The fourth-order valence-corrected chi connectivity index (χ4v) is 5.29. The number of ether oxygens (including phenoxy) is 1. The van der Waals surface area contributed by atoms with Gasteiger partial charge in [0.1, 0.15) is 22.4 Å². The molecule has 0 amide bonds. The van der Waals surface area contributed by atoms with Crippen LogP contribution >= 0.6 is 11.6 Å². The van der Waals surface area contributed by atoms with Gasteiger partial charge in [-0.1, -0.05) is 41.9 Å². The number of hydrogen-bond acceptors (Lipinski definition) is 8. The van der Waals surface area contributed by atoms with Crippen molar-refractivity contribution in [2.75, 3.05) is 5.32 Å². The van der Waals surface area contributed by atoms with Crippen molar-refractivity contribution in [2.45, 2.75) is 60.1 Å². The highest BCUT2D eigenvalue weighted by atomic mass is 35.5. The Bertz CT molecular complexity index is 1940. The van der Waals surface area contributed by atoms with Crippen molar-refractivity contribution < 1.29 is 9.53 Å². The number of fused-ring (bicyclic) bond motifs is 1. The van der Waals surface area contributed by atoms with E-state index in [0.717, 1.165) is 33.6 Å². The summed E-state index contributed by atoms with van der Waals surface area (Å²) >= 11 is 6.15. The minimum absolute atomic E-state index is 0.0787. The lowest BCUT2D eigenvalue weighted by atomic mass is 10.0. The zero-order chi connectivity index (χ0) is 31.9. The molecule has 0 aliphatic rings. The van der Waals surface area contributed by atoms with Crippen LogP contribution in [0.5, 0.6) is 0 Å². The molecule has 0 unspecified atom stereocenters. The van der Waals surface area contributed by atoms with Crippen molar-refractivity contribution in [2.24, 2.45) is 7.05 Å². The van der Waals surface area contributed by atoms with Crippen LogP contribution in [-0.4, -0.2) is 36.1 Å². The smallest absolute Gasteiger partial charge is 0.359 e. The largest absolute Gasteiger partial charge is 0.455 e. The van der Waals surface area contributed by atoms with Gasteiger partial charge in [0.05, 0.1) is 28.3 Å². The number of aryl methyl sites for hydroxylation is 3. The zero-order valence-electron chi connectivity index (χ0n) is 26.1. The summed E-state index contributed by atoms with van der Waals surface area (Å²) in [4.78, 5) is 44.9. The molecule has 1 atom stereocenters. The van der Waals surface area contributed by atoms with Crippen LogP contribution in [0.4, 0.5) is 5.69 Å². The molecule has 1 N–H and O–H groups in total. The Balaban J connectivity index is 1.56. The molecule has 0 aliphatic heterocycles. The van der Waals surface area contributed by atoms with E-state index >= 15 is 0 Å². The maximum atomic E-state index is 13.7. The molecule has 0 aliphatic carbocycles. The van der Waals surface area contributed by atoms with Crippen LogP contribution in [-0.2, 0) is 11.8 Å². The first kappa shape index (κ1) is 30.8. The highest BCUT2D eigenvalue weighted by Crippen LogP contribution is 2.31. The lowest BCUT2D eigenvalue weighted by Crippen LogP contribution is -2.25. The van der Waals surface area contributed by atoms with E-state index in [4.69, 9.17) is 21.3 Å². The van der Waals surface area contributed by atoms with Gasteiger partial charge >= 0.3 is 5.97 Å². The Kier molecular flexibility index (Phi) is 8.27. The SMILES string of the molecule is Cc1cc([C@@H](C)Nc2ccc(Cl)nc2C(=O)OC(C)(C)C)c2nc(-c3ccc(-c4cc(C)nc(C)n4)cc3)n(C)c(=O)c2c1. The lowest BCUT2D eigenvalue weighted by Gasteiger charge is -2.22. The minimum atomic E-state index is -0.706. The monoisotopic (exact) mass is 610 g/mol. The molecule has 9 nitrogen and oxygen atoms in total. The highest BCUT2D eigenvalue weighted by molar-refractivity contribution is 6.29. The van der Waals surface area contributed by atoms with Gasteiger partial charge in [-0.25, -0.2) is 24.7 Å². The molecule has 3 aromatic heterocycles. The molecule has 44 heavy (non-hydrogen) atoms. The van der Waals surface area contributed by atoms with Crippen LogP contribution in [0.2, 0.25) is 5.15 Å². The summed E-state index contributed by atoms with van der Waals surface area (Å²) in [6.45, 7) is 13.1. The minimum Gasteiger partial charge on any atom is -0.455 e. The van der Waals surface area contributed by atoms with Gasteiger partial charge in [-0.3, -0.25) is 9.36 Å². The van der Waals surface area contributed by atoms with Crippen LogP contribution in [0.25, 0.3) is 33.5 Å². The number of halogens is 1. The van der Waals surface area contributed by atoms with Gasteiger partial charge in [0.15, 0.2) is 5.69 Å². The quantitative estimate of drug-likeness (QED) is 0.159. The number of anilines is 1. The molecule has 0 spiro atoms. The molecule has 0 bridgehead atoms. The number of hydrogen-bond donors (Lipinski definition) is 1. The fourth-order valence-electron chi connectivity index (χ4n) is 5.14. The van der Waals surface area contributed by atoms with Crippen LogP contribution in [0.1, 0.15) is 66.9 Å². The third-order valence-corrected chi connectivity index (χ3v) is 7.26. The van der Waals surface area contributed by atoms with Crippen molar-refractivity contribution in [3.63, 3.8) is 0 Å². The number of benzene rings is 2. The third-order valence-electron chi connectivity index (χ3n) is 7.05. The first-order chi connectivity index (χ1) is 20.7. The number of nitrogens with one attached hydrogen (secondary N) is 1. The predicted octanol–water partition coefficient (Wildman–Crippen LogP) is 7.16. The highest BCUT2D eigenvalue weighted by Gasteiger charge is 2.24. The third kappa shape index (κ3) is 6.48. The zero-order valence-corrected chi connectivity index (χ0v) is 26.9. The molecule has 226 valence electrons. The van der Waals surface area contributed by atoms with Crippen molar-refractivity contribution in [3.05, 3.63) is 98.4 Å². The van der Waals surface area contributed by atoms with E-state index in [1.165, 1.54) is 0 Å². The summed E-state index contributed by atoms with van der Waals surface area (Å²) in [5.41, 5.74) is 5.42. The van der Waals surface area contributed by atoms with Crippen molar-refractivity contribution in [1.82, 2.24) is 24.5 Å². The van der Waals surface area contributed by atoms with Gasteiger partial charge in [0.25, 0.3) is 5.56 Å². The Labute approximate surface area is 261 Å². The molecule has 0 fully saturated rings. The summed E-state index contributed by atoms with van der Waals surface area (Å²) in [5, 5.41) is 4.07. The molecule has 0 radical (unpaired) electrons. The maximum Gasteiger partial charge on any atom is 0.359 e. The number of nitrogens with zero attached hydrogens (tertiary/aromatic N) is 5.